The molecule has 0 aliphatic carbocycles. The lowest BCUT2D eigenvalue weighted by Gasteiger charge is -2.45. The SMILES string of the molecule is CCOC(=O)CN1CCN(C(=O)NC2(c3ccncc3)CCN(CCC3(c4ccc(Cl)c(Cl)c4)CCN(C(=O)c4cc(OC)c(OC)c(OC)c4)C3)CC2)CC1. The van der Waals surface area contributed by atoms with Crippen LogP contribution in [-0.2, 0) is 20.5 Å². The van der Waals surface area contributed by atoms with Gasteiger partial charge in [0.05, 0.1) is 50.1 Å². The third-order valence-electron chi connectivity index (χ3n) is 11.6. The molecule has 0 spiro atoms. The van der Waals surface area contributed by atoms with Gasteiger partial charge < -0.3 is 39.0 Å². The number of carbonyl (C=O) groups excluding carboxylic acids is 3. The standard InChI is InChI=1S/C41H52Cl2N6O7/c1-5-56-36(50)27-47-20-22-48(23-21-47)39(52)45-41(30-8-14-44-15-9-30)12-17-46(18-13-41)16-10-40(31-6-7-32(42)33(43)26-31)11-19-49(28-40)38(51)29-24-34(53-2)37(55-4)35(25-29)54-3/h6-9,14-15,24-26H,5,10-13,16-23,27-28H2,1-4H3,(H,45,52). The Morgan fingerprint density at radius 3 is 2.05 bits per heavy atom. The average molecular weight is 812 g/mol. The van der Waals surface area contributed by atoms with E-state index in [9.17, 15) is 14.4 Å². The molecule has 6 rings (SSSR count). The van der Waals surface area contributed by atoms with Gasteiger partial charge in [0, 0.05) is 75.7 Å². The molecule has 3 amide bonds. The van der Waals surface area contributed by atoms with Crippen LogP contribution in [0.4, 0.5) is 4.79 Å². The second-order valence-corrected chi connectivity index (χ2v) is 15.5. The molecule has 3 saturated heterocycles. The number of benzene rings is 2. The van der Waals surface area contributed by atoms with Crippen molar-refractivity contribution in [2.45, 2.75) is 43.6 Å². The molecule has 1 N–H and O–H groups in total. The third kappa shape index (κ3) is 9.12. The summed E-state index contributed by atoms with van der Waals surface area (Å²) < 4.78 is 21.7. The van der Waals surface area contributed by atoms with Crippen molar-refractivity contribution >= 4 is 41.1 Å². The van der Waals surface area contributed by atoms with E-state index in [0.29, 0.717) is 78.7 Å². The van der Waals surface area contributed by atoms with Gasteiger partial charge in [-0.2, -0.15) is 0 Å². The minimum atomic E-state index is -0.558. The maximum Gasteiger partial charge on any atom is 0.320 e. The van der Waals surface area contributed by atoms with Gasteiger partial charge in [0.1, 0.15) is 0 Å². The molecule has 0 bridgehead atoms. The van der Waals surface area contributed by atoms with E-state index < -0.39 is 5.54 Å². The van der Waals surface area contributed by atoms with Gasteiger partial charge in [-0.25, -0.2) is 4.79 Å². The molecule has 4 heterocycles. The number of rotatable bonds is 13. The first-order chi connectivity index (χ1) is 27.0. The first-order valence-corrected chi connectivity index (χ1v) is 19.9. The van der Waals surface area contributed by atoms with E-state index in [1.165, 1.54) is 21.3 Å². The summed E-state index contributed by atoms with van der Waals surface area (Å²) in [5.41, 5.74) is 1.61. The van der Waals surface area contributed by atoms with Crippen molar-refractivity contribution in [1.29, 1.82) is 0 Å². The highest BCUT2D eigenvalue weighted by Crippen LogP contribution is 2.43. The number of nitrogens with zero attached hydrogens (tertiary/aromatic N) is 5. The molecule has 3 aliphatic heterocycles. The number of hydrogen-bond acceptors (Lipinski definition) is 10. The molecule has 1 atom stereocenters. The van der Waals surface area contributed by atoms with Crippen LogP contribution in [0.5, 0.6) is 17.2 Å². The average Bonchev–Trinajstić information content (AvgIpc) is 3.67. The molecule has 13 nitrogen and oxygen atoms in total. The number of carbonyl (C=O) groups is 3. The van der Waals surface area contributed by atoms with Crippen molar-refractivity contribution in [3.63, 3.8) is 0 Å². The fourth-order valence-corrected chi connectivity index (χ4v) is 8.61. The van der Waals surface area contributed by atoms with Crippen molar-refractivity contribution in [3.05, 3.63) is 81.6 Å². The largest absolute Gasteiger partial charge is 0.493 e. The monoisotopic (exact) mass is 810 g/mol. The van der Waals surface area contributed by atoms with Crippen LogP contribution >= 0.6 is 23.2 Å². The van der Waals surface area contributed by atoms with Crippen molar-refractivity contribution in [3.8, 4) is 17.2 Å². The number of urea groups is 1. The molecule has 1 aromatic heterocycles. The summed E-state index contributed by atoms with van der Waals surface area (Å²) in [7, 11) is 4.60. The zero-order chi connectivity index (χ0) is 39.9. The summed E-state index contributed by atoms with van der Waals surface area (Å²) in [6.07, 6.45) is 6.52. The number of esters is 1. The van der Waals surface area contributed by atoms with Crippen molar-refractivity contribution in [2.75, 3.05) is 93.4 Å². The Bertz CT molecular complexity index is 1830. The summed E-state index contributed by atoms with van der Waals surface area (Å²) in [6.45, 7) is 8.02. The number of hydrogen-bond donors (Lipinski definition) is 1. The van der Waals surface area contributed by atoms with Gasteiger partial charge in [-0.15, -0.1) is 0 Å². The predicted molar refractivity (Wildman–Crippen MR) is 214 cm³/mol. The Morgan fingerprint density at radius 2 is 1.45 bits per heavy atom. The molecule has 3 aliphatic rings. The number of piperidine rings is 1. The van der Waals surface area contributed by atoms with E-state index in [-0.39, 0.29) is 29.9 Å². The number of aromatic nitrogens is 1. The first-order valence-electron chi connectivity index (χ1n) is 19.2. The minimum absolute atomic E-state index is 0.104. The topological polar surface area (TPSA) is 126 Å². The zero-order valence-corrected chi connectivity index (χ0v) is 34.2. The zero-order valence-electron chi connectivity index (χ0n) is 32.7. The highest BCUT2D eigenvalue weighted by molar-refractivity contribution is 6.42. The number of methoxy groups -OCH3 is 3. The molecule has 0 saturated carbocycles. The predicted octanol–water partition coefficient (Wildman–Crippen LogP) is 5.47. The van der Waals surface area contributed by atoms with Crippen LogP contribution in [0, 0.1) is 0 Å². The van der Waals surface area contributed by atoms with E-state index in [2.05, 4.69) is 15.2 Å². The van der Waals surface area contributed by atoms with Gasteiger partial charge in [-0.1, -0.05) is 29.3 Å². The van der Waals surface area contributed by atoms with Crippen LogP contribution in [0.3, 0.4) is 0 Å². The lowest BCUT2D eigenvalue weighted by atomic mass is 9.76. The summed E-state index contributed by atoms with van der Waals surface area (Å²) >= 11 is 13.0. The summed E-state index contributed by atoms with van der Waals surface area (Å²) in [4.78, 5) is 52.3. The van der Waals surface area contributed by atoms with Crippen LogP contribution in [0.15, 0.2) is 54.9 Å². The van der Waals surface area contributed by atoms with Gasteiger partial charge >= 0.3 is 12.0 Å². The number of halogens is 2. The first kappa shape index (κ1) is 41.3. The van der Waals surface area contributed by atoms with Gasteiger partial charge in [-0.3, -0.25) is 19.5 Å². The van der Waals surface area contributed by atoms with Crippen LogP contribution in [-0.4, -0.2) is 136 Å². The molecular weight excluding hydrogens is 759 g/mol. The Balaban J connectivity index is 1.15. The molecule has 1 unspecified atom stereocenters. The number of nitrogens with one attached hydrogen (secondary N) is 1. The Kier molecular flexibility index (Phi) is 13.5. The van der Waals surface area contributed by atoms with Crippen molar-refractivity contribution < 1.29 is 33.3 Å². The van der Waals surface area contributed by atoms with Gasteiger partial charge in [-0.05, 0) is 86.7 Å². The lowest BCUT2D eigenvalue weighted by molar-refractivity contribution is -0.144. The fourth-order valence-electron chi connectivity index (χ4n) is 8.31. The lowest BCUT2D eigenvalue weighted by Crippen LogP contribution is -2.59. The summed E-state index contributed by atoms with van der Waals surface area (Å²) in [5.74, 6) is 0.900. The fraction of sp³-hybridized carbons (Fsp3) is 0.512. The smallest absolute Gasteiger partial charge is 0.320 e. The van der Waals surface area contributed by atoms with E-state index in [4.69, 9.17) is 42.1 Å². The Hall–Kier alpha value is -4.30. The van der Waals surface area contributed by atoms with E-state index in [0.717, 1.165) is 56.4 Å². The molecule has 56 heavy (non-hydrogen) atoms. The molecule has 3 aromatic rings. The highest BCUT2D eigenvalue weighted by atomic mass is 35.5. The molecule has 3 fully saturated rings. The molecule has 0 radical (unpaired) electrons. The van der Waals surface area contributed by atoms with E-state index >= 15 is 0 Å². The number of likely N-dealkylation sites (tertiary alicyclic amines) is 2. The van der Waals surface area contributed by atoms with Crippen molar-refractivity contribution in [2.24, 2.45) is 0 Å². The minimum Gasteiger partial charge on any atom is -0.493 e. The maximum atomic E-state index is 14.1. The quantitative estimate of drug-likeness (QED) is 0.222. The van der Waals surface area contributed by atoms with E-state index in [1.54, 1.807) is 31.5 Å². The number of pyridine rings is 1. The molecule has 15 heteroatoms. The third-order valence-corrected chi connectivity index (χ3v) is 12.3. The van der Waals surface area contributed by atoms with E-state index in [1.807, 2.05) is 45.0 Å². The summed E-state index contributed by atoms with van der Waals surface area (Å²) in [5, 5.41) is 4.40. The van der Waals surface area contributed by atoms with Gasteiger partial charge in [0.25, 0.3) is 5.91 Å². The molecular formula is C41H52Cl2N6O7. The van der Waals surface area contributed by atoms with Crippen molar-refractivity contribution in [1.82, 2.24) is 29.9 Å². The summed E-state index contributed by atoms with van der Waals surface area (Å²) in [6, 6.07) is 13.1. The van der Waals surface area contributed by atoms with Crippen LogP contribution in [0.1, 0.15) is 54.1 Å². The molecule has 302 valence electrons. The van der Waals surface area contributed by atoms with Crippen LogP contribution in [0.25, 0.3) is 0 Å². The number of ether oxygens (including phenoxy) is 4. The highest BCUT2D eigenvalue weighted by Gasteiger charge is 2.44. The van der Waals surface area contributed by atoms with Crippen LogP contribution in [0.2, 0.25) is 10.0 Å². The normalized spacial score (nSPS) is 20.0. The van der Waals surface area contributed by atoms with Gasteiger partial charge in [0.2, 0.25) is 5.75 Å². The maximum absolute atomic E-state index is 14.1. The molecule has 2 aromatic carbocycles. The second kappa shape index (κ2) is 18.3. The number of amides is 3. The number of piperazine rings is 1. The Labute approximate surface area is 339 Å². The second-order valence-electron chi connectivity index (χ2n) is 14.7. The Morgan fingerprint density at radius 1 is 0.768 bits per heavy atom. The van der Waals surface area contributed by atoms with Gasteiger partial charge in [0.15, 0.2) is 11.5 Å². The van der Waals surface area contributed by atoms with Crippen LogP contribution < -0.4 is 19.5 Å².